The molecule has 2 rings (SSSR count). The number of ketones is 1. The van der Waals surface area contributed by atoms with Crippen LogP contribution in [0.5, 0.6) is 0 Å². The molecule has 0 atom stereocenters. The minimum atomic E-state index is -0.695. The second-order valence-electron chi connectivity index (χ2n) is 3.94. The van der Waals surface area contributed by atoms with Crippen LogP contribution in [0.1, 0.15) is 16.1 Å². The molecule has 0 N–H and O–H groups in total. The molecule has 0 aliphatic heterocycles. The van der Waals surface area contributed by atoms with Gasteiger partial charge in [0.15, 0.2) is 5.78 Å². The second-order valence-corrected chi connectivity index (χ2v) is 3.94. The quantitative estimate of drug-likeness (QED) is 0.361. The van der Waals surface area contributed by atoms with E-state index in [0.29, 0.717) is 0 Å². The zero-order valence-electron chi connectivity index (χ0n) is 10.5. The number of benzene rings is 1. The van der Waals surface area contributed by atoms with Gasteiger partial charge in [0.25, 0.3) is 5.69 Å². The summed E-state index contributed by atoms with van der Waals surface area (Å²) in [6.07, 6.45) is 2.38. The number of carbonyl (C=O) groups excluding carboxylic acids is 1. The summed E-state index contributed by atoms with van der Waals surface area (Å²) in [6.45, 7) is 0. The average molecular weight is 288 g/mol. The Balaban J connectivity index is 2.16. The number of rotatable bonds is 5. The fourth-order valence-corrected chi connectivity index (χ4v) is 1.56. The predicted molar refractivity (Wildman–Crippen MR) is 71.8 cm³/mol. The number of furan rings is 1. The summed E-state index contributed by atoms with van der Waals surface area (Å²) in [5.74, 6) is -0.768. The highest BCUT2D eigenvalue weighted by atomic mass is 16.6. The van der Waals surface area contributed by atoms with Crippen molar-refractivity contribution in [2.75, 3.05) is 0 Å². The Bertz CT molecular complexity index is 747. The Morgan fingerprint density at radius 1 is 1.10 bits per heavy atom. The van der Waals surface area contributed by atoms with Gasteiger partial charge in [0.1, 0.15) is 10.7 Å². The predicted octanol–water partition coefficient (Wildman–Crippen LogP) is 2.99. The molecule has 0 radical (unpaired) electrons. The maximum absolute atomic E-state index is 11.8. The van der Waals surface area contributed by atoms with Crippen LogP contribution in [0.15, 0.2) is 46.9 Å². The fourth-order valence-electron chi connectivity index (χ4n) is 1.56. The van der Waals surface area contributed by atoms with Gasteiger partial charge in [0, 0.05) is 17.7 Å². The number of nitrogens with zero attached hydrogens (tertiary/aromatic N) is 2. The van der Waals surface area contributed by atoms with Gasteiger partial charge in [0.2, 0.25) is 0 Å². The molecule has 0 aliphatic rings. The minimum absolute atomic E-state index is 0.139. The number of allylic oxidation sites excluding steroid dienone is 1. The molecule has 0 saturated carbocycles. The van der Waals surface area contributed by atoms with Gasteiger partial charge in [-0.05, 0) is 18.2 Å². The van der Waals surface area contributed by atoms with Crippen LogP contribution < -0.4 is 0 Å². The van der Waals surface area contributed by atoms with Gasteiger partial charge in [-0.15, -0.1) is 0 Å². The molecular weight excluding hydrogens is 280 g/mol. The second kappa shape index (κ2) is 5.78. The van der Waals surface area contributed by atoms with Crippen molar-refractivity contribution in [1.29, 1.82) is 0 Å². The zero-order valence-corrected chi connectivity index (χ0v) is 10.5. The monoisotopic (exact) mass is 288 g/mol. The van der Waals surface area contributed by atoms with Gasteiger partial charge < -0.3 is 4.42 Å². The molecule has 0 spiro atoms. The van der Waals surface area contributed by atoms with Gasteiger partial charge in [-0.3, -0.25) is 25.0 Å². The Morgan fingerprint density at radius 2 is 1.86 bits per heavy atom. The van der Waals surface area contributed by atoms with Crippen LogP contribution >= 0.6 is 0 Å². The van der Waals surface area contributed by atoms with Crippen LogP contribution in [-0.4, -0.2) is 15.6 Å². The van der Waals surface area contributed by atoms with E-state index in [-0.39, 0.29) is 17.0 Å². The third-order valence-corrected chi connectivity index (χ3v) is 2.53. The lowest BCUT2D eigenvalue weighted by Gasteiger charge is -1.95. The molecule has 0 bridgehead atoms. The highest BCUT2D eigenvalue weighted by molar-refractivity contribution is 6.07. The maximum atomic E-state index is 11.8. The van der Waals surface area contributed by atoms with Crippen LogP contribution in [0.3, 0.4) is 0 Å². The molecule has 0 fully saturated rings. The van der Waals surface area contributed by atoms with Gasteiger partial charge >= 0.3 is 5.88 Å². The number of hydrogen-bond acceptors (Lipinski definition) is 6. The standard InChI is InChI=1S/C13H8N2O6/c16-12(9-2-1-3-10(8-9)14(17)18)6-4-11-5-7-13(21-11)15(19)20/h1-8H/b6-4-. The lowest BCUT2D eigenvalue weighted by atomic mass is 10.1. The normalized spacial score (nSPS) is 10.7. The maximum Gasteiger partial charge on any atom is 0.433 e. The van der Waals surface area contributed by atoms with Crippen LogP contribution in [-0.2, 0) is 0 Å². The number of carbonyl (C=O) groups is 1. The van der Waals surface area contributed by atoms with E-state index in [4.69, 9.17) is 4.42 Å². The first kappa shape index (κ1) is 14.1. The van der Waals surface area contributed by atoms with Crippen molar-refractivity contribution >= 4 is 23.4 Å². The Hall–Kier alpha value is -3.29. The lowest BCUT2D eigenvalue weighted by Crippen LogP contribution is -1.96. The molecule has 0 aliphatic carbocycles. The summed E-state index contributed by atoms with van der Waals surface area (Å²) in [5.41, 5.74) is -0.0515. The van der Waals surface area contributed by atoms with Crippen molar-refractivity contribution in [2.24, 2.45) is 0 Å². The van der Waals surface area contributed by atoms with E-state index in [1.807, 2.05) is 0 Å². The third-order valence-electron chi connectivity index (χ3n) is 2.53. The molecule has 0 saturated heterocycles. The van der Waals surface area contributed by atoms with Gasteiger partial charge in [-0.2, -0.15) is 0 Å². The number of hydrogen-bond donors (Lipinski definition) is 0. The Labute approximate surface area is 117 Å². The highest BCUT2D eigenvalue weighted by Gasteiger charge is 2.11. The molecule has 0 unspecified atom stereocenters. The molecule has 2 aromatic rings. The molecule has 1 aromatic carbocycles. The summed E-state index contributed by atoms with van der Waals surface area (Å²) >= 11 is 0. The van der Waals surface area contributed by atoms with E-state index in [2.05, 4.69) is 0 Å². The molecule has 21 heavy (non-hydrogen) atoms. The molecule has 106 valence electrons. The summed E-state index contributed by atoms with van der Waals surface area (Å²) in [7, 11) is 0. The Kier molecular flexibility index (Phi) is 3.89. The van der Waals surface area contributed by atoms with E-state index < -0.39 is 21.5 Å². The number of nitro benzene ring substituents is 1. The van der Waals surface area contributed by atoms with Gasteiger partial charge in [-0.25, -0.2) is 0 Å². The lowest BCUT2D eigenvalue weighted by molar-refractivity contribution is -0.402. The van der Waals surface area contributed by atoms with E-state index in [1.54, 1.807) is 0 Å². The number of non-ortho nitro benzene ring substituents is 1. The number of nitro groups is 2. The molecule has 8 nitrogen and oxygen atoms in total. The SMILES string of the molecule is O=C(/C=C\c1ccc([N+](=O)[O-])o1)c1cccc([N+](=O)[O-])c1. The average Bonchev–Trinajstić information content (AvgIpc) is 2.94. The summed E-state index contributed by atoms with van der Waals surface area (Å²) < 4.78 is 4.85. The van der Waals surface area contributed by atoms with Crippen LogP contribution in [0.4, 0.5) is 11.6 Å². The van der Waals surface area contributed by atoms with E-state index in [1.165, 1.54) is 30.3 Å². The van der Waals surface area contributed by atoms with Crippen LogP contribution in [0, 0.1) is 20.2 Å². The summed E-state index contributed by atoms with van der Waals surface area (Å²) in [5, 5.41) is 21.1. The van der Waals surface area contributed by atoms with Crippen molar-refractivity contribution < 1.29 is 19.1 Å². The van der Waals surface area contributed by atoms with Crippen LogP contribution in [0.2, 0.25) is 0 Å². The first-order valence-corrected chi connectivity index (χ1v) is 5.68. The largest absolute Gasteiger partial charge is 0.433 e. The first-order chi connectivity index (χ1) is 9.97. The third kappa shape index (κ3) is 3.38. The molecular formula is C13H8N2O6. The van der Waals surface area contributed by atoms with Crippen molar-refractivity contribution in [2.45, 2.75) is 0 Å². The van der Waals surface area contributed by atoms with Crippen LogP contribution in [0.25, 0.3) is 6.08 Å². The summed E-state index contributed by atoms with van der Waals surface area (Å²) in [4.78, 5) is 31.6. The molecule has 1 heterocycles. The van der Waals surface area contributed by atoms with Gasteiger partial charge in [0.05, 0.1) is 11.0 Å². The molecule has 1 aromatic heterocycles. The van der Waals surface area contributed by atoms with Crippen molar-refractivity contribution in [3.63, 3.8) is 0 Å². The highest BCUT2D eigenvalue weighted by Crippen LogP contribution is 2.18. The van der Waals surface area contributed by atoms with Gasteiger partial charge in [-0.1, -0.05) is 12.1 Å². The molecule has 8 heteroatoms. The van der Waals surface area contributed by atoms with Crippen molar-refractivity contribution in [3.8, 4) is 0 Å². The topological polar surface area (TPSA) is 116 Å². The summed E-state index contributed by atoms with van der Waals surface area (Å²) in [6, 6.07) is 7.77. The Morgan fingerprint density at radius 3 is 2.48 bits per heavy atom. The minimum Gasteiger partial charge on any atom is -0.401 e. The van der Waals surface area contributed by atoms with E-state index in [9.17, 15) is 25.0 Å². The van der Waals surface area contributed by atoms with Crippen molar-refractivity contribution in [1.82, 2.24) is 0 Å². The fraction of sp³-hybridized carbons (Fsp3) is 0. The van der Waals surface area contributed by atoms with Crippen molar-refractivity contribution in [3.05, 3.63) is 74.0 Å². The van der Waals surface area contributed by atoms with E-state index in [0.717, 1.165) is 18.2 Å². The van der Waals surface area contributed by atoms with E-state index >= 15 is 0 Å². The smallest absolute Gasteiger partial charge is 0.401 e. The first-order valence-electron chi connectivity index (χ1n) is 5.68. The zero-order chi connectivity index (χ0) is 15.4. The molecule has 0 amide bonds.